The zero-order valence-corrected chi connectivity index (χ0v) is 16.1. The fourth-order valence-electron chi connectivity index (χ4n) is 3.94. The van der Waals surface area contributed by atoms with E-state index in [9.17, 15) is 0 Å². The molecule has 1 aliphatic carbocycles. The molecule has 1 saturated carbocycles. The van der Waals surface area contributed by atoms with Crippen molar-refractivity contribution in [1.82, 2.24) is 5.32 Å². The highest BCUT2D eigenvalue weighted by Gasteiger charge is 2.16. The summed E-state index contributed by atoms with van der Waals surface area (Å²) in [4.78, 5) is 0. The number of ether oxygens (including phenoxy) is 1. The van der Waals surface area contributed by atoms with Gasteiger partial charge in [-0.25, -0.2) is 0 Å². The van der Waals surface area contributed by atoms with Crippen molar-refractivity contribution in [3.63, 3.8) is 0 Å². The second-order valence-corrected chi connectivity index (χ2v) is 7.61. The van der Waals surface area contributed by atoms with Crippen LogP contribution in [0.15, 0.2) is 60.7 Å². The summed E-state index contributed by atoms with van der Waals surface area (Å²) < 4.78 is 6.11. The first-order chi connectivity index (χ1) is 12.8. The number of hydrogen-bond acceptors (Lipinski definition) is 2. The molecule has 1 atom stereocenters. The molecule has 140 valence electrons. The minimum absolute atomic E-state index is 0.407. The van der Waals surface area contributed by atoms with Crippen molar-refractivity contribution in [3.8, 4) is 0 Å². The highest BCUT2D eigenvalue weighted by Crippen LogP contribution is 2.27. The molecule has 0 amide bonds. The summed E-state index contributed by atoms with van der Waals surface area (Å²) in [6.07, 6.45) is 8.14. The third kappa shape index (κ3) is 5.96. The molecule has 0 heterocycles. The molecule has 2 aromatic carbocycles. The van der Waals surface area contributed by atoms with Gasteiger partial charge in [-0.05, 0) is 43.9 Å². The van der Waals surface area contributed by atoms with Crippen LogP contribution in [0.2, 0.25) is 0 Å². The van der Waals surface area contributed by atoms with Crippen molar-refractivity contribution in [2.24, 2.45) is 0 Å². The molecule has 0 aromatic heterocycles. The van der Waals surface area contributed by atoms with Gasteiger partial charge >= 0.3 is 0 Å². The molecule has 0 radical (unpaired) electrons. The summed E-state index contributed by atoms with van der Waals surface area (Å²) in [6, 6.07) is 22.1. The van der Waals surface area contributed by atoms with Gasteiger partial charge < -0.3 is 10.1 Å². The monoisotopic (exact) mass is 351 g/mol. The Morgan fingerprint density at radius 2 is 1.46 bits per heavy atom. The summed E-state index contributed by atoms with van der Waals surface area (Å²) in [5, 5.41) is 3.67. The molecule has 1 fully saturated rings. The van der Waals surface area contributed by atoms with E-state index in [2.05, 4.69) is 72.9 Å². The van der Waals surface area contributed by atoms with Crippen molar-refractivity contribution < 1.29 is 4.74 Å². The Morgan fingerprint density at radius 3 is 2.04 bits per heavy atom. The van der Waals surface area contributed by atoms with Crippen molar-refractivity contribution >= 4 is 0 Å². The minimum Gasteiger partial charge on any atom is -0.377 e. The van der Waals surface area contributed by atoms with Gasteiger partial charge in [0, 0.05) is 12.0 Å². The zero-order chi connectivity index (χ0) is 18.0. The molecule has 2 heteroatoms. The molecule has 0 spiro atoms. The van der Waals surface area contributed by atoms with Crippen LogP contribution < -0.4 is 5.32 Å². The minimum atomic E-state index is 0.407. The molecular weight excluding hydrogens is 318 g/mol. The van der Waals surface area contributed by atoms with E-state index in [1.165, 1.54) is 43.2 Å². The number of benzene rings is 2. The van der Waals surface area contributed by atoms with E-state index in [-0.39, 0.29) is 0 Å². The standard InChI is InChI=1S/C24H33NO/c1-20(19-26-23-15-9-4-10-16-23)25-18-17-24(21-11-5-2-6-12-21)22-13-7-3-8-14-22/h2-3,5-8,11-14,20,23-25H,4,9-10,15-19H2,1H3/t20-/m1/s1. The van der Waals surface area contributed by atoms with E-state index < -0.39 is 0 Å². The lowest BCUT2D eigenvalue weighted by Gasteiger charge is -2.25. The van der Waals surface area contributed by atoms with Crippen LogP contribution in [0.1, 0.15) is 62.5 Å². The summed E-state index contributed by atoms with van der Waals surface area (Å²) in [5.74, 6) is 0.441. The van der Waals surface area contributed by atoms with Crippen LogP contribution in [0.3, 0.4) is 0 Å². The molecule has 1 aliphatic rings. The Hall–Kier alpha value is -1.64. The quantitative estimate of drug-likeness (QED) is 0.641. The van der Waals surface area contributed by atoms with Gasteiger partial charge in [0.1, 0.15) is 0 Å². The second-order valence-electron chi connectivity index (χ2n) is 7.61. The number of nitrogens with one attached hydrogen (secondary N) is 1. The molecule has 3 rings (SSSR count). The predicted octanol–water partition coefficient (Wildman–Crippen LogP) is 5.54. The summed E-state index contributed by atoms with van der Waals surface area (Å²) >= 11 is 0. The third-order valence-corrected chi connectivity index (χ3v) is 5.46. The average molecular weight is 352 g/mol. The van der Waals surface area contributed by atoms with Gasteiger partial charge in [-0.3, -0.25) is 0 Å². The fourth-order valence-corrected chi connectivity index (χ4v) is 3.94. The number of rotatable bonds is 9. The maximum atomic E-state index is 6.11. The van der Waals surface area contributed by atoms with Crippen LogP contribution in [0, 0.1) is 0 Å². The molecule has 0 saturated heterocycles. The SMILES string of the molecule is C[C@H](COC1CCCCC1)NCCC(c1ccccc1)c1ccccc1. The third-order valence-electron chi connectivity index (χ3n) is 5.46. The van der Waals surface area contributed by atoms with Gasteiger partial charge in [-0.2, -0.15) is 0 Å². The zero-order valence-electron chi connectivity index (χ0n) is 16.1. The molecule has 2 nitrogen and oxygen atoms in total. The van der Waals surface area contributed by atoms with Crippen molar-refractivity contribution in [3.05, 3.63) is 71.8 Å². The summed E-state index contributed by atoms with van der Waals surface area (Å²) in [7, 11) is 0. The first-order valence-electron chi connectivity index (χ1n) is 10.3. The molecule has 1 N–H and O–H groups in total. The normalized spacial score (nSPS) is 16.7. The molecule has 0 bridgehead atoms. The molecule has 2 aromatic rings. The fraction of sp³-hybridized carbons (Fsp3) is 0.500. The van der Waals surface area contributed by atoms with Gasteiger partial charge in [0.05, 0.1) is 12.7 Å². The van der Waals surface area contributed by atoms with E-state index in [0.717, 1.165) is 19.6 Å². The Kier molecular flexibility index (Phi) is 7.72. The second kappa shape index (κ2) is 10.5. The molecule has 26 heavy (non-hydrogen) atoms. The molecule has 0 unspecified atom stereocenters. The van der Waals surface area contributed by atoms with Crippen molar-refractivity contribution in [2.45, 2.75) is 63.5 Å². The van der Waals surface area contributed by atoms with Crippen molar-refractivity contribution in [1.29, 1.82) is 0 Å². The van der Waals surface area contributed by atoms with E-state index >= 15 is 0 Å². The topological polar surface area (TPSA) is 21.3 Å². The Labute approximate surface area is 159 Å². The van der Waals surface area contributed by atoms with Gasteiger partial charge in [0.2, 0.25) is 0 Å². The van der Waals surface area contributed by atoms with Gasteiger partial charge in [-0.15, -0.1) is 0 Å². The lowest BCUT2D eigenvalue weighted by atomic mass is 9.88. The number of hydrogen-bond donors (Lipinski definition) is 1. The van der Waals surface area contributed by atoms with Crippen LogP contribution in [-0.2, 0) is 4.74 Å². The maximum Gasteiger partial charge on any atom is 0.0620 e. The Balaban J connectivity index is 1.48. The highest BCUT2D eigenvalue weighted by molar-refractivity contribution is 5.32. The first kappa shape index (κ1) is 19.1. The molecular formula is C24H33NO. The largest absolute Gasteiger partial charge is 0.377 e. The maximum absolute atomic E-state index is 6.11. The predicted molar refractivity (Wildman–Crippen MR) is 110 cm³/mol. The summed E-state index contributed by atoms with van der Waals surface area (Å²) in [6.45, 7) is 4.07. The van der Waals surface area contributed by atoms with E-state index in [1.807, 2.05) is 0 Å². The lowest BCUT2D eigenvalue weighted by molar-refractivity contribution is 0.0182. The van der Waals surface area contributed by atoms with Crippen LogP contribution in [0.5, 0.6) is 0 Å². The van der Waals surface area contributed by atoms with Gasteiger partial charge in [0.25, 0.3) is 0 Å². The lowest BCUT2D eigenvalue weighted by Crippen LogP contribution is -2.34. The summed E-state index contributed by atoms with van der Waals surface area (Å²) in [5.41, 5.74) is 2.79. The van der Waals surface area contributed by atoms with E-state index in [0.29, 0.717) is 18.1 Å². The highest BCUT2D eigenvalue weighted by atomic mass is 16.5. The average Bonchev–Trinajstić information content (AvgIpc) is 2.72. The molecule has 0 aliphatic heterocycles. The van der Waals surface area contributed by atoms with Crippen LogP contribution in [0.25, 0.3) is 0 Å². The Bertz CT molecular complexity index is 567. The van der Waals surface area contributed by atoms with Crippen LogP contribution >= 0.6 is 0 Å². The Morgan fingerprint density at radius 1 is 0.885 bits per heavy atom. The van der Waals surface area contributed by atoms with E-state index in [1.54, 1.807) is 0 Å². The smallest absolute Gasteiger partial charge is 0.0620 e. The van der Waals surface area contributed by atoms with Crippen LogP contribution in [0.4, 0.5) is 0 Å². The van der Waals surface area contributed by atoms with Gasteiger partial charge in [-0.1, -0.05) is 79.9 Å². The van der Waals surface area contributed by atoms with Gasteiger partial charge in [0.15, 0.2) is 0 Å². The van der Waals surface area contributed by atoms with E-state index in [4.69, 9.17) is 4.74 Å². The van der Waals surface area contributed by atoms with Crippen molar-refractivity contribution in [2.75, 3.05) is 13.2 Å². The first-order valence-corrected chi connectivity index (χ1v) is 10.3. The van der Waals surface area contributed by atoms with Crippen LogP contribution in [-0.4, -0.2) is 25.3 Å².